The van der Waals surface area contributed by atoms with Gasteiger partial charge in [0.05, 0.1) is 11.1 Å². The molecule has 0 N–H and O–H groups in total. The smallest absolute Gasteiger partial charge is 0.279 e. The van der Waals surface area contributed by atoms with Gasteiger partial charge in [0.1, 0.15) is 11.6 Å². The van der Waals surface area contributed by atoms with Crippen molar-refractivity contribution < 1.29 is 13.3 Å². The first kappa shape index (κ1) is 17.9. The molecule has 2 heterocycles. The Morgan fingerprint density at radius 3 is 2.13 bits per heavy atom. The normalized spacial score (nSPS) is 11.1. The molecule has 0 atom stereocenters. The van der Waals surface area contributed by atoms with E-state index in [-0.39, 0.29) is 23.1 Å². The summed E-state index contributed by atoms with van der Waals surface area (Å²) in [7, 11) is 0. The minimum absolute atomic E-state index is 0.0985. The first-order valence-corrected chi connectivity index (χ1v) is 8.98. The van der Waals surface area contributed by atoms with Gasteiger partial charge in [-0.15, -0.1) is 0 Å². The minimum Gasteiger partial charge on any atom is -0.332 e. The molecule has 5 rings (SSSR count). The van der Waals surface area contributed by atoms with Crippen LogP contribution < -0.4 is 5.56 Å². The van der Waals surface area contributed by atoms with Crippen molar-refractivity contribution in [1.82, 2.24) is 19.9 Å². The van der Waals surface area contributed by atoms with Crippen LogP contribution in [0.3, 0.4) is 0 Å². The van der Waals surface area contributed by atoms with Gasteiger partial charge in [-0.25, -0.2) is 8.78 Å². The molecule has 0 fully saturated rings. The van der Waals surface area contributed by atoms with Crippen LogP contribution >= 0.6 is 0 Å². The highest BCUT2D eigenvalue weighted by Crippen LogP contribution is 2.26. The second kappa shape index (κ2) is 7.00. The molecule has 0 spiro atoms. The van der Waals surface area contributed by atoms with Crippen LogP contribution in [0.5, 0.6) is 0 Å². The van der Waals surface area contributed by atoms with Crippen molar-refractivity contribution in [2.45, 2.75) is 0 Å². The molecule has 0 aliphatic carbocycles. The Morgan fingerprint density at radius 2 is 1.43 bits per heavy atom. The molecule has 3 aromatic carbocycles. The lowest BCUT2D eigenvalue weighted by Gasteiger charge is -2.09. The van der Waals surface area contributed by atoms with Gasteiger partial charge in [0.2, 0.25) is 5.82 Å². The first-order chi connectivity index (χ1) is 14.6. The van der Waals surface area contributed by atoms with Crippen LogP contribution in [0.15, 0.2) is 82.1 Å². The van der Waals surface area contributed by atoms with Gasteiger partial charge in [-0.3, -0.25) is 4.79 Å². The summed E-state index contributed by atoms with van der Waals surface area (Å²) < 4.78 is 33.1. The summed E-state index contributed by atoms with van der Waals surface area (Å²) in [4.78, 5) is 17.3. The second-order valence-electron chi connectivity index (χ2n) is 6.52. The van der Waals surface area contributed by atoms with Crippen LogP contribution in [0.2, 0.25) is 0 Å². The van der Waals surface area contributed by atoms with Crippen molar-refractivity contribution in [3.05, 3.63) is 94.8 Å². The molecule has 0 unspecified atom stereocenters. The summed E-state index contributed by atoms with van der Waals surface area (Å²) in [6, 6.07) is 18.0. The van der Waals surface area contributed by atoms with E-state index in [1.54, 1.807) is 24.3 Å². The number of rotatable bonds is 3. The summed E-state index contributed by atoms with van der Waals surface area (Å²) in [5, 5.41) is 9.30. The summed E-state index contributed by atoms with van der Waals surface area (Å²) >= 11 is 0. The van der Waals surface area contributed by atoms with Crippen molar-refractivity contribution in [2.75, 3.05) is 0 Å². The molecule has 8 heteroatoms. The molecule has 0 aliphatic heterocycles. The zero-order valence-electron chi connectivity index (χ0n) is 15.3. The molecule has 146 valence electrons. The maximum absolute atomic E-state index is 13.3. The Balaban J connectivity index is 1.71. The first-order valence-electron chi connectivity index (χ1n) is 8.98. The number of halogens is 2. The van der Waals surface area contributed by atoms with Gasteiger partial charge in [0.25, 0.3) is 11.4 Å². The lowest BCUT2D eigenvalue weighted by Crippen LogP contribution is -2.22. The van der Waals surface area contributed by atoms with Crippen molar-refractivity contribution in [1.29, 1.82) is 0 Å². The standard InChI is InChI=1S/C22H12F2N4O2/c23-14-7-5-13(6-8-14)20-25-21(30-27-20)19-17-3-1-2-4-18(17)22(29)28(26-19)16-11-9-15(24)10-12-16/h1-12H. The molecule has 2 aromatic heterocycles. The highest BCUT2D eigenvalue weighted by molar-refractivity contribution is 5.92. The Morgan fingerprint density at radius 1 is 0.800 bits per heavy atom. The average Bonchev–Trinajstić information content (AvgIpc) is 3.25. The van der Waals surface area contributed by atoms with Crippen molar-refractivity contribution in [3.8, 4) is 28.7 Å². The van der Waals surface area contributed by atoms with Crippen molar-refractivity contribution in [2.24, 2.45) is 0 Å². The average molecular weight is 402 g/mol. The third-order valence-corrected chi connectivity index (χ3v) is 4.61. The van der Waals surface area contributed by atoms with E-state index in [0.717, 1.165) is 0 Å². The number of fused-ring (bicyclic) bond motifs is 1. The fourth-order valence-electron chi connectivity index (χ4n) is 3.14. The minimum atomic E-state index is -0.423. The Kier molecular flexibility index (Phi) is 4.17. The number of hydrogen-bond donors (Lipinski definition) is 0. The van der Waals surface area contributed by atoms with Gasteiger partial charge >= 0.3 is 0 Å². The number of aromatic nitrogens is 4. The van der Waals surface area contributed by atoms with E-state index in [4.69, 9.17) is 4.52 Å². The molecular weight excluding hydrogens is 390 g/mol. The van der Waals surface area contributed by atoms with Crippen LogP contribution in [-0.4, -0.2) is 19.9 Å². The molecule has 5 aromatic rings. The number of nitrogens with zero attached hydrogens (tertiary/aromatic N) is 4. The Hall–Kier alpha value is -4.20. The molecule has 6 nitrogen and oxygen atoms in total. The van der Waals surface area contributed by atoms with Crippen LogP contribution in [-0.2, 0) is 0 Å². The highest BCUT2D eigenvalue weighted by atomic mass is 19.1. The fourth-order valence-corrected chi connectivity index (χ4v) is 3.14. The largest absolute Gasteiger partial charge is 0.332 e. The fraction of sp³-hybridized carbons (Fsp3) is 0. The molecular formula is C22H12F2N4O2. The third-order valence-electron chi connectivity index (χ3n) is 4.61. The molecule has 0 saturated carbocycles. The maximum atomic E-state index is 13.3. The molecule has 0 aliphatic rings. The van der Waals surface area contributed by atoms with Gasteiger partial charge in [-0.2, -0.15) is 14.8 Å². The van der Waals surface area contributed by atoms with E-state index in [9.17, 15) is 13.6 Å². The van der Waals surface area contributed by atoms with Gasteiger partial charge in [-0.05, 0) is 54.6 Å². The van der Waals surface area contributed by atoms with Gasteiger partial charge in [-0.1, -0.05) is 23.4 Å². The molecule has 0 radical (unpaired) electrons. The van der Waals surface area contributed by atoms with Crippen molar-refractivity contribution >= 4 is 10.8 Å². The quantitative estimate of drug-likeness (QED) is 0.448. The maximum Gasteiger partial charge on any atom is 0.279 e. The summed E-state index contributed by atoms with van der Waals surface area (Å²) in [6.07, 6.45) is 0. The van der Waals surface area contributed by atoms with Crippen LogP contribution in [0, 0.1) is 11.6 Å². The van der Waals surface area contributed by atoms with Gasteiger partial charge < -0.3 is 4.52 Å². The molecule has 30 heavy (non-hydrogen) atoms. The van der Waals surface area contributed by atoms with E-state index in [1.165, 1.54) is 53.2 Å². The second-order valence-corrected chi connectivity index (χ2v) is 6.52. The molecule has 0 amide bonds. The van der Waals surface area contributed by atoms with Gasteiger partial charge in [0, 0.05) is 10.9 Å². The highest BCUT2D eigenvalue weighted by Gasteiger charge is 2.19. The zero-order chi connectivity index (χ0) is 20.7. The summed E-state index contributed by atoms with van der Waals surface area (Å²) in [5.74, 6) is -0.438. The van der Waals surface area contributed by atoms with E-state index >= 15 is 0 Å². The summed E-state index contributed by atoms with van der Waals surface area (Å²) in [5.41, 5.74) is 0.906. The SMILES string of the molecule is O=c1c2ccccc2c(-c2nc(-c3ccc(F)cc3)no2)nn1-c1ccc(F)cc1. The third kappa shape index (κ3) is 3.04. The van der Waals surface area contributed by atoms with Crippen LogP contribution in [0.4, 0.5) is 8.78 Å². The lowest BCUT2D eigenvalue weighted by molar-refractivity contribution is 0.430. The van der Waals surface area contributed by atoms with E-state index in [0.29, 0.717) is 27.7 Å². The van der Waals surface area contributed by atoms with E-state index < -0.39 is 5.82 Å². The van der Waals surface area contributed by atoms with E-state index in [1.807, 2.05) is 0 Å². The predicted molar refractivity (Wildman–Crippen MR) is 106 cm³/mol. The monoisotopic (exact) mass is 402 g/mol. The predicted octanol–water partition coefficient (Wildman–Crippen LogP) is 4.38. The zero-order valence-corrected chi connectivity index (χ0v) is 15.3. The lowest BCUT2D eigenvalue weighted by atomic mass is 10.1. The number of hydrogen-bond acceptors (Lipinski definition) is 5. The van der Waals surface area contributed by atoms with Crippen LogP contribution in [0.25, 0.3) is 39.4 Å². The molecule has 0 bridgehead atoms. The Bertz CT molecular complexity index is 1420. The van der Waals surface area contributed by atoms with Crippen molar-refractivity contribution in [3.63, 3.8) is 0 Å². The van der Waals surface area contributed by atoms with E-state index in [2.05, 4.69) is 15.2 Å². The number of benzene rings is 3. The van der Waals surface area contributed by atoms with Gasteiger partial charge in [0.15, 0.2) is 5.69 Å². The topological polar surface area (TPSA) is 73.8 Å². The Labute approximate surface area is 168 Å². The molecule has 0 saturated heterocycles. The summed E-state index contributed by atoms with van der Waals surface area (Å²) in [6.45, 7) is 0. The van der Waals surface area contributed by atoms with Crippen LogP contribution in [0.1, 0.15) is 0 Å².